The average molecular weight is 425 g/mol. The van der Waals surface area contributed by atoms with Crippen molar-refractivity contribution < 1.29 is 23.9 Å². The summed E-state index contributed by atoms with van der Waals surface area (Å²) in [6, 6.07) is 3.63. The lowest BCUT2D eigenvalue weighted by atomic mass is 10.2. The van der Waals surface area contributed by atoms with E-state index in [9.17, 15) is 19.2 Å². The van der Waals surface area contributed by atoms with Crippen molar-refractivity contribution in [2.75, 3.05) is 25.4 Å². The smallest absolute Gasteiger partial charge is 0.325 e. The first kappa shape index (κ1) is 21.3. The zero-order valence-corrected chi connectivity index (χ0v) is 16.6. The van der Waals surface area contributed by atoms with Gasteiger partial charge in [-0.1, -0.05) is 6.07 Å². The first-order chi connectivity index (χ1) is 13.3. The summed E-state index contributed by atoms with van der Waals surface area (Å²) in [4.78, 5) is 49.9. The van der Waals surface area contributed by atoms with Crippen LogP contribution in [-0.4, -0.2) is 52.7 Å². The summed E-state index contributed by atoms with van der Waals surface area (Å²) < 4.78 is 8.55. The van der Waals surface area contributed by atoms with E-state index in [-0.39, 0.29) is 42.5 Å². The molecule has 0 saturated heterocycles. The lowest BCUT2D eigenvalue weighted by Crippen LogP contribution is -2.42. The Morgan fingerprint density at radius 2 is 2.07 bits per heavy atom. The third-order valence-electron chi connectivity index (χ3n) is 3.44. The number of primary amides is 1. The summed E-state index contributed by atoms with van der Waals surface area (Å²) in [5.74, 6) is -2.53. The van der Waals surface area contributed by atoms with Gasteiger partial charge in [0.15, 0.2) is 5.69 Å². The Kier molecular flexibility index (Phi) is 7.46. The first-order valence-corrected chi connectivity index (χ1v) is 9.77. The van der Waals surface area contributed by atoms with E-state index in [0.717, 1.165) is 16.4 Å². The normalized spacial score (nSPS) is 10.3. The number of amides is 3. The number of hydrogen-bond donors (Lipinski definition) is 3. The number of carbonyl (C=O) groups excluding carboxylic acids is 4. The maximum Gasteiger partial charge on any atom is 0.325 e. The van der Waals surface area contributed by atoms with Crippen molar-refractivity contribution in [1.29, 1.82) is 0 Å². The van der Waals surface area contributed by atoms with Gasteiger partial charge >= 0.3 is 5.97 Å². The number of hydrogen-bond acceptors (Lipinski definition) is 9. The summed E-state index contributed by atoms with van der Waals surface area (Å²) >= 11 is 2.15. The molecule has 150 valence electrons. The lowest BCUT2D eigenvalue weighted by Gasteiger charge is -2.21. The number of rotatable bonds is 9. The summed E-state index contributed by atoms with van der Waals surface area (Å²) in [6.45, 7) is 1.37. The van der Waals surface area contributed by atoms with Crippen molar-refractivity contribution in [3.8, 4) is 0 Å². The molecule has 2 aromatic heterocycles. The highest BCUT2D eigenvalue weighted by Gasteiger charge is 2.26. The summed E-state index contributed by atoms with van der Waals surface area (Å²) in [5, 5.41) is 4.24. The van der Waals surface area contributed by atoms with Crippen LogP contribution >= 0.6 is 22.9 Å². The Bertz CT molecular complexity index is 865. The molecule has 0 aliphatic rings. The molecule has 0 spiro atoms. The van der Waals surface area contributed by atoms with Gasteiger partial charge in [-0.05, 0) is 29.9 Å². The molecular weight excluding hydrogens is 406 g/mol. The third kappa shape index (κ3) is 5.50. The standard InChI is InChI=1S/C16H19N5O5S2/c1-2-26-11(23)6-19-10(22)8-21(7-9-4-3-5-27-9)16(25)14-12(17)13(15(18)24)20-28-14/h3-5H,2,6-8,17H2,1H3,(H2,18,24)(H,19,22). The Labute approximate surface area is 168 Å². The van der Waals surface area contributed by atoms with Crippen LogP contribution in [0.5, 0.6) is 0 Å². The maximum atomic E-state index is 12.9. The van der Waals surface area contributed by atoms with Gasteiger partial charge in [-0.25, -0.2) is 0 Å². The van der Waals surface area contributed by atoms with Crippen LogP contribution in [0, 0.1) is 0 Å². The Morgan fingerprint density at radius 1 is 1.32 bits per heavy atom. The van der Waals surface area contributed by atoms with Crippen LogP contribution in [0.15, 0.2) is 17.5 Å². The minimum Gasteiger partial charge on any atom is -0.465 e. The zero-order valence-electron chi connectivity index (χ0n) is 15.0. The van der Waals surface area contributed by atoms with E-state index in [1.54, 1.807) is 6.92 Å². The van der Waals surface area contributed by atoms with Gasteiger partial charge in [-0.15, -0.1) is 11.3 Å². The molecule has 0 unspecified atom stereocenters. The predicted octanol–water partition coefficient (Wildman–Crippen LogP) is 0.207. The van der Waals surface area contributed by atoms with Crippen molar-refractivity contribution in [1.82, 2.24) is 14.6 Å². The molecule has 12 heteroatoms. The highest BCUT2D eigenvalue weighted by Crippen LogP contribution is 2.24. The Balaban J connectivity index is 2.15. The molecule has 0 saturated carbocycles. The van der Waals surface area contributed by atoms with Crippen molar-refractivity contribution in [2.24, 2.45) is 5.73 Å². The topological polar surface area (TPSA) is 158 Å². The fraction of sp³-hybridized carbons (Fsp3) is 0.312. The van der Waals surface area contributed by atoms with Crippen LogP contribution in [-0.2, 0) is 20.9 Å². The molecule has 0 aliphatic heterocycles. The van der Waals surface area contributed by atoms with Crippen molar-refractivity contribution in [3.63, 3.8) is 0 Å². The quantitative estimate of drug-likeness (QED) is 0.484. The molecule has 0 atom stereocenters. The van der Waals surface area contributed by atoms with Gasteiger partial charge < -0.3 is 26.4 Å². The molecular formula is C16H19N5O5S2. The number of carbonyl (C=O) groups is 4. The summed E-state index contributed by atoms with van der Waals surface area (Å²) in [7, 11) is 0. The number of nitrogens with two attached hydrogens (primary N) is 2. The van der Waals surface area contributed by atoms with E-state index in [1.807, 2.05) is 17.5 Å². The number of thiophene rings is 1. The van der Waals surface area contributed by atoms with Crippen molar-refractivity contribution >= 4 is 52.2 Å². The minimum atomic E-state index is -0.843. The summed E-state index contributed by atoms with van der Waals surface area (Å²) in [6.07, 6.45) is 0. The predicted molar refractivity (Wildman–Crippen MR) is 104 cm³/mol. The second-order valence-corrected chi connectivity index (χ2v) is 7.27. The van der Waals surface area contributed by atoms with E-state index < -0.39 is 23.7 Å². The number of nitrogen functional groups attached to an aromatic ring is 1. The Morgan fingerprint density at radius 3 is 2.64 bits per heavy atom. The SMILES string of the molecule is CCOC(=O)CNC(=O)CN(Cc1cccs1)C(=O)c1snc(C(N)=O)c1N. The van der Waals surface area contributed by atoms with E-state index in [2.05, 4.69) is 9.69 Å². The van der Waals surface area contributed by atoms with E-state index >= 15 is 0 Å². The van der Waals surface area contributed by atoms with Gasteiger partial charge in [0.25, 0.3) is 11.8 Å². The molecule has 3 amide bonds. The number of anilines is 1. The molecule has 2 rings (SSSR count). The molecule has 28 heavy (non-hydrogen) atoms. The van der Waals surface area contributed by atoms with Gasteiger partial charge in [0.05, 0.1) is 18.8 Å². The van der Waals surface area contributed by atoms with Gasteiger partial charge in [-0.2, -0.15) is 4.37 Å². The van der Waals surface area contributed by atoms with Crippen molar-refractivity contribution in [2.45, 2.75) is 13.5 Å². The fourth-order valence-corrected chi connectivity index (χ4v) is 3.67. The van der Waals surface area contributed by atoms with Crippen LogP contribution in [0.4, 0.5) is 5.69 Å². The highest BCUT2D eigenvalue weighted by atomic mass is 32.1. The average Bonchev–Trinajstić information content (AvgIpc) is 3.28. The monoisotopic (exact) mass is 425 g/mol. The van der Waals surface area contributed by atoms with E-state index in [0.29, 0.717) is 0 Å². The number of aromatic nitrogens is 1. The van der Waals surface area contributed by atoms with Crippen LogP contribution in [0.25, 0.3) is 0 Å². The molecule has 0 radical (unpaired) electrons. The number of nitrogens with one attached hydrogen (secondary N) is 1. The molecule has 0 fully saturated rings. The highest BCUT2D eigenvalue weighted by molar-refractivity contribution is 7.10. The largest absolute Gasteiger partial charge is 0.465 e. The fourth-order valence-electron chi connectivity index (χ4n) is 2.17. The zero-order chi connectivity index (χ0) is 20.7. The molecule has 5 N–H and O–H groups in total. The van der Waals surface area contributed by atoms with Crippen LogP contribution in [0.3, 0.4) is 0 Å². The van der Waals surface area contributed by atoms with Crippen LogP contribution in [0.2, 0.25) is 0 Å². The van der Waals surface area contributed by atoms with Gasteiger partial charge in [-0.3, -0.25) is 19.2 Å². The number of nitrogens with zero attached hydrogens (tertiary/aromatic N) is 2. The molecule has 0 aliphatic carbocycles. The molecule has 0 bridgehead atoms. The molecule has 10 nitrogen and oxygen atoms in total. The van der Waals surface area contributed by atoms with Gasteiger partial charge in [0.1, 0.15) is 18.0 Å². The van der Waals surface area contributed by atoms with E-state index in [1.165, 1.54) is 16.2 Å². The van der Waals surface area contributed by atoms with Gasteiger partial charge in [0, 0.05) is 4.88 Å². The van der Waals surface area contributed by atoms with Crippen molar-refractivity contribution in [3.05, 3.63) is 33.0 Å². The molecule has 2 aromatic rings. The maximum absolute atomic E-state index is 12.9. The second kappa shape index (κ2) is 9.80. The summed E-state index contributed by atoms with van der Waals surface area (Å²) in [5.41, 5.74) is 10.7. The van der Waals surface area contributed by atoms with Gasteiger partial charge in [0.2, 0.25) is 5.91 Å². The van der Waals surface area contributed by atoms with E-state index in [4.69, 9.17) is 16.2 Å². The second-order valence-electron chi connectivity index (χ2n) is 5.46. The minimum absolute atomic E-state index is 0.0172. The molecule has 0 aromatic carbocycles. The first-order valence-electron chi connectivity index (χ1n) is 8.12. The molecule has 2 heterocycles. The lowest BCUT2D eigenvalue weighted by molar-refractivity contribution is -0.143. The Hall–Kier alpha value is -2.99. The number of esters is 1. The third-order valence-corrected chi connectivity index (χ3v) is 5.15. The number of ether oxygens (including phenoxy) is 1. The van der Waals surface area contributed by atoms with Crippen LogP contribution in [0.1, 0.15) is 32.0 Å². The van der Waals surface area contributed by atoms with Crippen LogP contribution < -0.4 is 16.8 Å².